The lowest BCUT2D eigenvalue weighted by Crippen LogP contribution is -2.53. The van der Waals surface area contributed by atoms with Crippen molar-refractivity contribution < 1.29 is 0 Å². The molecule has 0 radical (unpaired) electrons. The molecule has 2 fully saturated rings. The third kappa shape index (κ3) is 3.07. The Morgan fingerprint density at radius 2 is 2.15 bits per heavy atom. The summed E-state index contributed by atoms with van der Waals surface area (Å²) in [5, 5.41) is 8.44. The van der Waals surface area contributed by atoms with Crippen molar-refractivity contribution in [2.75, 3.05) is 13.1 Å². The van der Waals surface area contributed by atoms with Crippen LogP contribution < -0.4 is 5.32 Å². The standard InChI is InChI=1S/C16H28N4/c1-14-6-10-17-16(8-4-3-5-9-16)13-20(14)12-15-7-11-19(2)18-15/h7,11,14,17H,3-6,8-10,12-13H2,1-2H3. The maximum Gasteiger partial charge on any atom is 0.0764 e. The topological polar surface area (TPSA) is 33.1 Å². The van der Waals surface area contributed by atoms with Gasteiger partial charge in [-0.2, -0.15) is 5.10 Å². The number of rotatable bonds is 2. The third-order valence-corrected chi connectivity index (χ3v) is 5.14. The highest BCUT2D eigenvalue weighted by atomic mass is 15.3. The molecule has 1 unspecified atom stereocenters. The Morgan fingerprint density at radius 3 is 2.85 bits per heavy atom. The number of nitrogens with one attached hydrogen (secondary N) is 1. The van der Waals surface area contributed by atoms with Gasteiger partial charge in [-0.15, -0.1) is 0 Å². The molecule has 2 aliphatic rings. The first-order chi connectivity index (χ1) is 9.67. The zero-order valence-electron chi connectivity index (χ0n) is 12.9. The lowest BCUT2D eigenvalue weighted by Gasteiger charge is -2.40. The Kier molecular flexibility index (Phi) is 4.13. The first-order valence-corrected chi connectivity index (χ1v) is 8.15. The van der Waals surface area contributed by atoms with E-state index in [0.29, 0.717) is 11.6 Å². The Labute approximate surface area is 122 Å². The van der Waals surface area contributed by atoms with Gasteiger partial charge in [-0.25, -0.2) is 0 Å². The molecule has 1 aliphatic carbocycles. The molecule has 0 amide bonds. The number of hydrogen-bond donors (Lipinski definition) is 1. The van der Waals surface area contributed by atoms with Crippen LogP contribution in [-0.2, 0) is 13.6 Å². The molecular weight excluding hydrogens is 248 g/mol. The van der Waals surface area contributed by atoms with Gasteiger partial charge in [0.25, 0.3) is 0 Å². The molecule has 1 atom stereocenters. The Hall–Kier alpha value is -0.870. The fraction of sp³-hybridized carbons (Fsp3) is 0.812. The molecule has 1 aliphatic heterocycles. The van der Waals surface area contributed by atoms with Crippen molar-refractivity contribution >= 4 is 0 Å². The Bertz CT molecular complexity index is 433. The van der Waals surface area contributed by atoms with Gasteiger partial charge in [0.2, 0.25) is 0 Å². The zero-order chi connectivity index (χ0) is 14.0. The van der Waals surface area contributed by atoms with Gasteiger partial charge in [0.1, 0.15) is 0 Å². The van der Waals surface area contributed by atoms with E-state index in [9.17, 15) is 0 Å². The molecule has 1 aromatic rings. The number of nitrogens with zero attached hydrogens (tertiary/aromatic N) is 3. The molecule has 2 heterocycles. The molecule has 20 heavy (non-hydrogen) atoms. The van der Waals surface area contributed by atoms with E-state index in [1.165, 1.54) is 57.3 Å². The van der Waals surface area contributed by atoms with E-state index in [0.717, 1.165) is 6.54 Å². The summed E-state index contributed by atoms with van der Waals surface area (Å²) in [4.78, 5) is 2.65. The summed E-state index contributed by atoms with van der Waals surface area (Å²) in [6.45, 7) is 5.71. The van der Waals surface area contributed by atoms with E-state index in [4.69, 9.17) is 0 Å². The molecule has 4 heteroatoms. The van der Waals surface area contributed by atoms with Crippen molar-refractivity contribution in [3.05, 3.63) is 18.0 Å². The van der Waals surface area contributed by atoms with E-state index in [2.05, 4.69) is 28.3 Å². The molecule has 0 aromatic carbocycles. The lowest BCUT2D eigenvalue weighted by atomic mass is 9.81. The predicted molar refractivity (Wildman–Crippen MR) is 81.5 cm³/mol. The van der Waals surface area contributed by atoms with E-state index in [1.807, 2.05) is 17.9 Å². The van der Waals surface area contributed by atoms with Crippen LogP contribution >= 0.6 is 0 Å². The van der Waals surface area contributed by atoms with Crippen LogP contribution in [0.4, 0.5) is 0 Å². The molecular formula is C16H28N4. The fourth-order valence-electron chi connectivity index (χ4n) is 3.86. The van der Waals surface area contributed by atoms with Crippen LogP contribution in [0.15, 0.2) is 12.3 Å². The highest BCUT2D eigenvalue weighted by Gasteiger charge is 2.36. The first kappa shape index (κ1) is 14.1. The van der Waals surface area contributed by atoms with Crippen molar-refractivity contribution in [3.8, 4) is 0 Å². The van der Waals surface area contributed by atoms with E-state index < -0.39 is 0 Å². The SMILES string of the molecule is CC1CCNC2(CCCCC2)CN1Cc1ccn(C)n1. The molecule has 1 saturated heterocycles. The van der Waals surface area contributed by atoms with Crippen molar-refractivity contribution in [1.29, 1.82) is 0 Å². The molecule has 1 saturated carbocycles. The lowest BCUT2D eigenvalue weighted by molar-refractivity contribution is 0.130. The van der Waals surface area contributed by atoms with Crippen LogP contribution in [-0.4, -0.2) is 39.4 Å². The molecule has 112 valence electrons. The van der Waals surface area contributed by atoms with Gasteiger partial charge in [-0.1, -0.05) is 19.3 Å². The second-order valence-corrected chi connectivity index (χ2v) is 6.79. The van der Waals surface area contributed by atoms with Crippen molar-refractivity contribution in [2.45, 2.75) is 63.6 Å². The summed E-state index contributed by atoms with van der Waals surface area (Å²) < 4.78 is 1.91. The number of hydrogen-bond acceptors (Lipinski definition) is 3. The third-order valence-electron chi connectivity index (χ3n) is 5.14. The second-order valence-electron chi connectivity index (χ2n) is 6.79. The van der Waals surface area contributed by atoms with Crippen LogP contribution in [0.1, 0.15) is 51.1 Å². The zero-order valence-corrected chi connectivity index (χ0v) is 12.9. The summed E-state index contributed by atoms with van der Waals surface area (Å²) in [7, 11) is 2.00. The van der Waals surface area contributed by atoms with Crippen LogP contribution in [0.25, 0.3) is 0 Å². The summed E-state index contributed by atoms with van der Waals surface area (Å²) in [5.41, 5.74) is 1.57. The van der Waals surface area contributed by atoms with Crippen LogP contribution in [0.3, 0.4) is 0 Å². The van der Waals surface area contributed by atoms with Gasteiger partial charge in [0, 0.05) is 37.9 Å². The first-order valence-electron chi connectivity index (χ1n) is 8.15. The van der Waals surface area contributed by atoms with E-state index >= 15 is 0 Å². The Morgan fingerprint density at radius 1 is 1.35 bits per heavy atom. The van der Waals surface area contributed by atoms with Gasteiger partial charge < -0.3 is 5.32 Å². The molecule has 4 nitrogen and oxygen atoms in total. The van der Waals surface area contributed by atoms with Gasteiger partial charge >= 0.3 is 0 Å². The van der Waals surface area contributed by atoms with Gasteiger partial charge in [-0.05, 0) is 38.8 Å². The van der Waals surface area contributed by atoms with E-state index in [1.54, 1.807) is 0 Å². The minimum atomic E-state index is 0.373. The highest BCUT2D eigenvalue weighted by molar-refractivity contribution is 5.02. The molecule has 3 rings (SSSR count). The Balaban J connectivity index is 1.72. The van der Waals surface area contributed by atoms with Crippen molar-refractivity contribution in [1.82, 2.24) is 20.0 Å². The highest BCUT2D eigenvalue weighted by Crippen LogP contribution is 2.31. The molecule has 1 spiro atoms. The maximum absolute atomic E-state index is 4.56. The summed E-state index contributed by atoms with van der Waals surface area (Å²) in [6, 6.07) is 2.80. The fourth-order valence-corrected chi connectivity index (χ4v) is 3.86. The second kappa shape index (κ2) is 5.86. The van der Waals surface area contributed by atoms with Crippen LogP contribution in [0.5, 0.6) is 0 Å². The quantitative estimate of drug-likeness (QED) is 0.900. The largest absolute Gasteiger partial charge is 0.310 e. The molecule has 0 bridgehead atoms. The molecule has 1 aromatic heterocycles. The average molecular weight is 276 g/mol. The molecule has 1 N–H and O–H groups in total. The summed E-state index contributed by atoms with van der Waals surface area (Å²) >= 11 is 0. The average Bonchev–Trinajstić information content (AvgIpc) is 2.78. The van der Waals surface area contributed by atoms with Gasteiger partial charge in [-0.3, -0.25) is 9.58 Å². The summed E-state index contributed by atoms with van der Waals surface area (Å²) in [5.74, 6) is 0. The van der Waals surface area contributed by atoms with Gasteiger partial charge in [0.05, 0.1) is 5.69 Å². The minimum absolute atomic E-state index is 0.373. The number of aryl methyl sites for hydroxylation is 1. The van der Waals surface area contributed by atoms with E-state index in [-0.39, 0.29) is 0 Å². The summed E-state index contributed by atoms with van der Waals surface area (Å²) in [6.07, 6.45) is 10.2. The van der Waals surface area contributed by atoms with Crippen molar-refractivity contribution in [3.63, 3.8) is 0 Å². The number of aromatic nitrogens is 2. The minimum Gasteiger partial charge on any atom is -0.310 e. The predicted octanol–water partition coefficient (Wildman–Crippen LogP) is 2.31. The van der Waals surface area contributed by atoms with Crippen LogP contribution in [0.2, 0.25) is 0 Å². The monoisotopic (exact) mass is 276 g/mol. The van der Waals surface area contributed by atoms with Crippen molar-refractivity contribution in [2.24, 2.45) is 7.05 Å². The van der Waals surface area contributed by atoms with Gasteiger partial charge in [0.15, 0.2) is 0 Å². The normalized spacial score (nSPS) is 27.6. The van der Waals surface area contributed by atoms with Crippen LogP contribution in [0, 0.1) is 0 Å². The maximum atomic E-state index is 4.56. The smallest absolute Gasteiger partial charge is 0.0764 e.